The second kappa shape index (κ2) is 7.73. The van der Waals surface area contributed by atoms with Gasteiger partial charge in [0.25, 0.3) is 0 Å². The van der Waals surface area contributed by atoms with Crippen molar-refractivity contribution in [1.29, 1.82) is 0 Å². The second-order valence-electron chi connectivity index (χ2n) is 6.13. The third kappa shape index (κ3) is 4.89. The van der Waals surface area contributed by atoms with Crippen molar-refractivity contribution in [2.75, 3.05) is 5.32 Å². The molecule has 1 heterocycles. The maximum Gasteiger partial charge on any atom is 0.248 e. The van der Waals surface area contributed by atoms with Crippen molar-refractivity contribution in [2.24, 2.45) is 5.92 Å². The Balaban J connectivity index is 1.48. The molecular formula is C17H21BrN4O. The van der Waals surface area contributed by atoms with E-state index >= 15 is 0 Å². The number of carbonyl (C=O) groups excluding carboxylic acids is 1. The van der Waals surface area contributed by atoms with E-state index in [4.69, 9.17) is 0 Å². The van der Waals surface area contributed by atoms with Gasteiger partial charge < -0.3 is 0 Å². The molecule has 1 aliphatic carbocycles. The standard InChI is InChI=1S/C17H21BrN4O/c18-15-8-5-14(6-9-15)11-22-12-19-17(21-22)20-16(23)10-7-13-3-1-2-4-13/h5-6,8-9,12-13H,1-4,7,10-11H2,(H,20,21,23). The highest BCUT2D eigenvalue weighted by Crippen LogP contribution is 2.28. The van der Waals surface area contributed by atoms with Gasteiger partial charge in [-0.15, -0.1) is 5.10 Å². The fourth-order valence-electron chi connectivity index (χ4n) is 3.03. The highest BCUT2D eigenvalue weighted by atomic mass is 79.9. The van der Waals surface area contributed by atoms with Crippen LogP contribution < -0.4 is 5.32 Å². The topological polar surface area (TPSA) is 59.8 Å². The van der Waals surface area contributed by atoms with E-state index in [-0.39, 0.29) is 5.91 Å². The van der Waals surface area contributed by atoms with E-state index in [1.807, 2.05) is 24.3 Å². The zero-order chi connectivity index (χ0) is 16.1. The van der Waals surface area contributed by atoms with Crippen LogP contribution in [-0.4, -0.2) is 20.7 Å². The summed E-state index contributed by atoms with van der Waals surface area (Å²) in [4.78, 5) is 16.1. The highest BCUT2D eigenvalue weighted by Gasteiger charge is 2.16. The van der Waals surface area contributed by atoms with Gasteiger partial charge in [0.05, 0.1) is 6.54 Å². The summed E-state index contributed by atoms with van der Waals surface area (Å²) in [5, 5.41) is 7.10. The van der Waals surface area contributed by atoms with Gasteiger partial charge in [0.2, 0.25) is 11.9 Å². The quantitative estimate of drug-likeness (QED) is 0.828. The number of carbonyl (C=O) groups is 1. The first-order valence-corrected chi connectivity index (χ1v) is 8.92. The molecule has 0 unspecified atom stereocenters. The normalized spacial score (nSPS) is 15.0. The average Bonchev–Trinajstić information content (AvgIpc) is 3.20. The molecule has 0 atom stereocenters. The van der Waals surface area contributed by atoms with Crippen molar-refractivity contribution < 1.29 is 4.79 Å². The van der Waals surface area contributed by atoms with Crippen molar-refractivity contribution in [3.63, 3.8) is 0 Å². The average molecular weight is 377 g/mol. The van der Waals surface area contributed by atoms with Crippen molar-refractivity contribution in [1.82, 2.24) is 14.8 Å². The van der Waals surface area contributed by atoms with Gasteiger partial charge in [-0.2, -0.15) is 0 Å². The largest absolute Gasteiger partial charge is 0.293 e. The van der Waals surface area contributed by atoms with E-state index in [9.17, 15) is 4.79 Å². The van der Waals surface area contributed by atoms with E-state index in [1.165, 1.54) is 25.7 Å². The summed E-state index contributed by atoms with van der Waals surface area (Å²) >= 11 is 3.42. The Morgan fingerprint density at radius 1 is 1.26 bits per heavy atom. The van der Waals surface area contributed by atoms with Crippen molar-refractivity contribution >= 4 is 27.8 Å². The molecule has 1 aromatic heterocycles. The van der Waals surface area contributed by atoms with E-state index < -0.39 is 0 Å². The third-order valence-electron chi connectivity index (χ3n) is 4.30. The molecule has 0 spiro atoms. The SMILES string of the molecule is O=C(CCC1CCCC1)Nc1ncn(Cc2ccc(Br)cc2)n1. The fraction of sp³-hybridized carbons (Fsp3) is 0.471. The Bertz CT molecular complexity index is 647. The van der Waals surface area contributed by atoms with Crippen LogP contribution in [-0.2, 0) is 11.3 Å². The minimum atomic E-state index is 0.0123. The number of anilines is 1. The molecule has 0 saturated heterocycles. The van der Waals surface area contributed by atoms with E-state index in [2.05, 4.69) is 31.3 Å². The number of amides is 1. The minimum Gasteiger partial charge on any atom is -0.293 e. The summed E-state index contributed by atoms with van der Waals surface area (Å²) in [7, 11) is 0. The third-order valence-corrected chi connectivity index (χ3v) is 4.83. The van der Waals surface area contributed by atoms with Crippen LogP contribution >= 0.6 is 15.9 Å². The first-order valence-electron chi connectivity index (χ1n) is 8.13. The summed E-state index contributed by atoms with van der Waals surface area (Å²) in [5.74, 6) is 1.13. The van der Waals surface area contributed by atoms with Crippen LogP contribution in [0.5, 0.6) is 0 Å². The molecular weight excluding hydrogens is 356 g/mol. The summed E-state index contributed by atoms with van der Waals surface area (Å²) in [6.07, 6.45) is 8.36. The van der Waals surface area contributed by atoms with E-state index in [0.717, 1.165) is 22.4 Å². The smallest absolute Gasteiger partial charge is 0.248 e. The van der Waals surface area contributed by atoms with Crippen LogP contribution in [0.15, 0.2) is 35.1 Å². The van der Waals surface area contributed by atoms with Gasteiger partial charge in [-0.05, 0) is 30.0 Å². The van der Waals surface area contributed by atoms with Crippen LogP contribution in [0.4, 0.5) is 5.95 Å². The molecule has 5 nitrogen and oxygen atoms in total. The number of nitrogens with one attached hydrogen (secondary N) is 1. The summed E-state index contributed by atoms with van der Waals surface area (Å²) in [6, 6.07) is 8.06. The van der Waals surface area contributed by atoms with Crippen LogP contribution in [0.25, 0.3) is 0 Å². The number of hydrogen-bond donors (Lipinski definition) is 1. The molecule has 23 heavy (non-hydrogen) atoms. The van der Waals surface area contributed by atoms with E-state index in [0.29, 0.717) is 18.9 Å². The lowest BCUT2D eigenvalue weighted by Gasteiger charge is -2.07. The van der Waals surface area contributed by atoms with Gasteiger partial charge in [0.1, 0.15) is 6.33 Å². The van der Waals surface area contributed by atoms with Gasteiger partial charge >= 0.3 is 0 Å². The van der Waals surface area contributed by atoms with Gasteiger partial charge in [0, 0.05) is 10.9 Å². The Hall–Kier alpha value is -1.69. The molecule has 0 bridgehead atoms. The van der Waals surface area contributed by atoms with E-state index in [1.54, 1.807) is 11.0 Å². The molecule has 1 aliphatic rings. The van der Waals surface area contributed by atoms with Gasteiger partial charge in [-0.3, -0.25) is 10.1 Å². The lowest BCUT2D eigenvalue weighted by Crippen LogP contribution is -2.14. The summed E-state index contributed by atoms with van der Waals surface area (Å²) in [6.45, 7) is 0.637. The second-order valence-corrected chi connectivity index (χ2v) is 7.05. The van der Waals surface area contributed by atoms with Crippen molar-refractivity contribution in [3.05, 3.63) is 40.6 Å². The first kappa shape index (κ1) is 16.2. The maximum atomic E-state index is 12.0. The van der Waals surface area contributed by atoms with Gasteiger partial charge in [0.15, 0.2) is 0 Å². The van der Waals surface area contributed by atoms with Gasteiger partial charge in [-0.1, -0.05) is 53.7 Å². The number of halogens is 1. The lowest BCUT2D eigenvalue weighted by atomic mass is 10.0. The highest BCUT2D eigenvalue weighted by molar-refractivity contribution is 9.10. The lowest BCUT2D eigenvalue weighted by molar-refractivity contribution is -0.116. The molecule has 6 heteroatoms. The Labute approximate surface area is 144 Å². The molecule has 1 aromatic carbocycles. The number of nitrogens with zero attached hydrogens (tertiary/aromatic N) is 3. The molecule has 0 radical (unpaired) electrons. The molecule has 122 valence electrons. The van der Waals surface area contributed by atoms with Crippen LogP contribution in [0.3, 0.4) is 0 Å². The monoisotopic (exact) mass is 376 g/mol. The van der Waals surface area contributed by atoms with Crippen molar-refractivity contribution in [3.8, 4) is 0 Å². The number of benzene rings is 1. The molecule has 3 rings (SSSR count). The number of hydrogen-bond acceptors (Lipinski definition) is 3. The zero-order valence-corrected chi connectivity index (χ0v) is 14.6. The molecule has 1 saturated carbocycles. The number of aromatic nitrogens is 3. The first-order chi connectivity index (χ1) is 11.2. The molecule has 1 N–H and O–H groups in total. The minimum absolute atomic E-state index is 0.0123. The van der Waals surface area contributed by atoms with Crippen LogP contribution in [0.1, 0.15) is 44.1 Å². The molecule has 1 fully saturated rings. The number of rotatable bonds is 6. The predicted molar refractivity (Wildman–Crippen MR) is 93.1 cm³/mol. The molecule has 0 aliphatic heterocycles. The van der Waals surface area contributed by atoms with Crippen LogP contribution in [0, 0.1) is 5.92 Å². The Morgan fingerprint density at radius 3 is 2.74 bits per heavy atom. The fourth-order valence-corrected chi connectivity index (χ4v) is 3.29. The Morgan fingerprint density at radius 2 is 2.00 bits per heavy atom. The zero-order valence-electron chi connectivity index (χ0n) is 13.0. The summed E-state index contributed by atoms with van der Waals surface area (Å²) in [5.41, 5.74) is 1.14. The molecule has 1 amide bonds. The van der Waals surface area contributed by atoms with Crippen molar-refractivity contribution in [2.45, 2.75) is 45.1 Å². The predicted octanol–water partition coefficient (Wildman–Crippen LogP) is 4.00. The summed E-state index contributed by atoms with van der Waals surface area (Å²) < 4.78 is 2.78. The molecule has 2 aromatic rings. The Kier molecular flexibility index (Phi) is 5.43. The maximum absolute atomic E-state index is 12.0. The van der Waals surface area contributed by atoms with Crippen LogP contribution in [0.2, 0.25) is 0 Å². The van der Waals surface area contributed by atoms with Gasteiger partial charge in [-0.25, -0.2) is 9.67 Å².